The Morgan fingerprint density at radius 3 is 2.15 bits per heavy atom. The lowest BCUT2D eigenvalue weighted by molar-refractivity contribution is 0.229. The second-order valence-corrected chi connectivity index (χ2v) is 19.1. The van der Waals surface area contributed by atoms with Crippen molar-refractivity contribution in [3.05, 3.63) is 12.1 Å². The van der Waals surface area contributed by atoms with Gasteiger partial charge in [-0.25, -0.2) is 0 Å². The van der Waals surface area contributed by atoms with Crippen molar-refractivity contribution >= 4 is 26.9 Å². The molecular weight excluding hydrogens is 362 g/mol. The lowest BCUT2D eigenvalue weighted by Gasteiger charge is -2.35. The van der Waals surface area contributed by atoms with Gasteiger partial charge in [-0.1, -0.05) is 76.7 Å². The molecule has 2 fully saturated rings. The second kappa shape index (κ2) is 9.93. The zero-order chi connectivity index (χ0) is 19.2. The first-order valence-electron chi connectivity index (χ1n) is 12.0. The van der Waals surface area contributed by atoms with Crippen LogP contribution >= 0.6 is 0 Å². The van der Waals surface area contributed by atoms with Crippen LogP contribution < -0.4 is 10.8 Å². The molecule has 1 aromatic heterocycles. The van der Waals surface area contributed by atoms with E-state index in [-0.39, 0.29) is 0 Å². The van der Waals surface area contributed by atoms with Gasteiger partial charge < -0.3 is 9.32 Å². The van der Waals surface area contributed by atoms with E-state index >= 15 is 0 Å². The van der Waals surface area contributed by atoms with E-state index in [1.165, 1.54) is 112 Å². The Labute approximate surface area is 170 Å². The number of hydrogen-bond acceptors (Lipinski definition) is 2. The van der Waals surface area contributed by atoms with Gasteiger partial charge in [-0.3, -0.25) is 0 Å². The van der Waals surface area contributed by atoms with Crippen LogP contribution in [-0.2, 0) is 0 Å². The summed E-state index contributed by atoms with van der Waals surface area (Å²) >= 11 is 0. The average molecular weight is 406 g/mol. The van der Waals surface area contributed by atoms with E-state index in [1.807, 2.05) is 0 Å². The molecule has 0 aromatic carbocycles. The van der Waals surface area contributed by atoms with Crippen LogP contribution in [0.1, 0.15) is 65.7 Å². The fourth-order valence-electron chi connectivity index (χ4n) is 5.85. The summed E-state index contributed by atoms with van der Waals surface area (Å²) in [6.45, 7) is 11.2. The summed E-state index contributed by atoms with van der Waals surface area (Å²) in [5, 5.41) is 2.92. The fourth-order valence-corrected chi connectivity index (χ4v) is 14.2. The molecular formula is C23H43NOSi2. The summed E-state index contributed by atoms with van der Waals surface area (Å²) in [6, 6.07) is 13.3. The van der Waals surface area contributed by atoms with Crippen molar-refractivity contribution < 1.29 is 4.42 Å². The van der Waals surface area contributed by atoms with E-state index < -0.39 is 16.1 Å². The van der Waals surface area contributed by atoms with Crippen molar-refractivity contribution in [1.82, 2.24) is 4.90 Å². The van der Waals surface area contributed by atoms with Crippen LogP contribution in [0, 0.1) is 0 Å². The first-order chi connectivity index (χ1) is 13.2. The smallest absolute Gasteiger partial charge is 0.132 e. The minimum absolute atomic E-state index is 1.33. The molecule has 4 heteroatoms. The maximum atomic E-state index is 6.82. The third kappa shape index (κ3) is 4.81. The first-order valence-corrected chi connectivity index (χ1v) is 17.3. The predicted molar refractivity (Wildman–Crippen MR) is 124 cm³/mol. The lowest BCUT2D eigenvalue weighted by Crippen LogP contribution is -2.50. The molecule has 0 radical (unpaired) electrons. The van der Waals surface area contributed by atoms with Gasteiger partial charge >= 0.3 is 0 Å². The number of rotatable bonds is 9. The second-order valence-electron chi connectivity index (χ2n) is 9.35. The number of nitrogens with zero attached hydrogens (tertiary/aromatic N) is 1. The van der Waals surface area contributed by atoms with E-state index in [0.29, 0.717) is 0 Å². The predicted octanol–water partition coefficient (Wildman–Crippen LogP) is 5.71. The highest BCUT2D eigenvalue weighted by Crippen LogP contribution is 2.33. The molecule has 2 aliphatic heterocycles. The van der Waals surface area contributed by atoms with Crippen molar-refractivity contribution in [3.8, 4) is 0 Å². The average Bonchev–Trinajstić information content (AvgIpc) is 3.23. The molecule has 0 unspecified atom stereocenters. The number of likely N-dealkylation sites (tertiary alicyclic amines) is 1. The zero-order valence-corrected chi connectivity index (χ0v) is 20.3. The molecule has 2 aliphatic rings. The summed E-state index contributed by atoms with van der Waals surface area (Å²) in [4.78, 5) is 2.73. The van der Waals surface area contributed by atoms with Crippen LogP contribution in [0.2, 0.25) is 36.3 Å². The van der Waals surface area contributed by atoms with Crippen LogP contribution in [-0.4, -0.2) is 40.7 Å². The van der Waals surface area contributed by atoms with Gasteiger partial charge in [0.15, 0.2) is 0 Å². The highest BCUT2D eigenvalue weighted by molar-refractivity contribution is 6.93. The van der Waals surface area contributed by atoms with Gasteiger partial charge in [0.1, 0.15) is 16.1 Å². The maximum Gasteiger partial charge on any atom is 0.132 e. The summed E-state index contributed by atoms with van der Waals surface area (Å²) in [7, 11) is -2.79. The third-order valence-corrected chi connectivity index (χ3v) is 18.7. The van der Waals surface area contributed by atoms with Gasteiger partial charge in [-0.15, -0.1) is 0 Å². The van der Waals surface area contributed by atoms with Crippen molar-refractivity contribution in [2.45, 2.75) is 102 Å². The SMILES string of the molecule is CC[Si](CC)(CC)c1ccc([Si]2(CCCN3CCCCC3)CCCCC2)o1. The molecule has 0 atom stereocenters. The van der Waals surface area contributed by atoms with Crippen molar-refractivity contribution in [2.75, 3.05) is 19.6 Å². The van der Waals surface area contributed by atoms with Crippen molar-refractivity contribution in [2.24, 2.45) is 0 Å². The Kier molecular flexibility index (Phi) is 7.86. The zero-order valence-electron chi connectivity index (χ0n) is 18.3. The molecule has 154 valence electrons. The molecule has 2 saturated heterocycles. The highest BCUT2D eigenvalue weighted by atomic mass is 28.3. The molecule has 27 heavy (non-hydrogen) atoms. The molecule has 3 rings (SSSR count). The van der Waals surface area contributed by atoms with Crippen LogP contribution in [0.3, 0.4) is 0 Å². The highest BCUT2D eigenvalue weighted by Gasteiger charge is 2.41. The molecule has 0 aliphatic carbocycles. The van der Waals surface area contributed by atoms with Gasteiger partial charge in [0.25, 0.3) is 0 Å². The Balaban J connectivity index is 1.72. The van der Waals surface area contributed by atoms with E-state index in [4.69, 9.17) is 4.42 Å². The minimum Gasteiger partial charge on any atom is -0.476 e. The normalized spacial score (nSPS) is 21.4. The van der Waals surface area contributed by atoms with Gasteiger partial charge in [0.2, 0.25) is 0 Å². The standard InChI is InChI=1S/C23H43NOSi2/c1-4-26(5-2,6-3)22-14-15-23(25-22)27(19-11-8-12-20-27)21-13-18-24-16-9-7-10-17-24/h14-15H,4-13,16-21H2,1-3H3. The van der Waals surface area contributed by atoms with E-state index in [1.54, 1.807) is 0 Å². The Hall–Kier alpha value is -0.326. The fraction of sp³-hybridized carbons (Fsp3) is 0.826. The molecule has 0 amide bonds. The number of hydrogen-bond donors (Lipinski definition) is 0. The summed E-state index contributed by atoms with van der Waals surface area (Å²) < 4.78 is 6.82. The van der Waals surface area contributed by atoms with E-state index in [9.17, 15) is 0 Å². The maximum absolute atomic E-state index is 6.82. The van der Waals surface area contributed by atoms with Crippen molar-refractivity contribution in [3.63, 3.8) is 0 Å². The Morgan fingerprint density at radius 1 is 0.889 bits per heavy atom. The lowest BCUT2D eigenvalue weighted by atomic mass is 10.1. The van der Waals surface area contributed by atoms with Gasteiger partial charge in [-0.2, -0.15) is 0 Å². The third-order valence-electron chi connectivity index (χ3n) is 8.07. The molecule has 0 spiro atoms. The van der Waals surface area contributed by atoms with Crippen LogP contribution in [0.25, 0.3) is 0 Å². The Bertz CT molecular complexity index is 546. The molecule has 0 N–H and O–H groups in total. The summed E-state index contributed by atoms with van der Waals surface area (Å²) in [5.74, 6) is 0. The van der Waals surface area contributed by atoms with Crippen molar-refractivity contribution in [1.29, 1.82) is 0 Å². The molecule has 0 bridgehead atoms. The first kappa shape index (κ1) is 21.4. The Morgan fingerprint density at radius 2 is 1.52 bits per heavy atom. The minimum atomic E-state index is -1.41. The van der Waals surface area contributed by atoms with Gasteiger partial charge in [0.05, 0.1) is 10.8 Å². The quantitative estimate of drug-likeness (QED) is 0.489. The van der Waals surface area contributed by atoms with Crippen LogP contribution in [0.4, 0.5) is 0 Å². The summed E-state index contributed by atoms with van der Waals surface area (Å²) in [6.07, 6.45) is 10.0. The van der Waals surface area contributed by atoms with Crippen LogP contribution in [0.15, 0.2) is 16.5 Å². The van der Waals surface area contributed by atoms with Crippen LogP contribution in [0.5, 0.6) is 0 Å². The largest absolute Gasteiger partial charge is 0.476 e. The molecule has 3 heterocycles. The molecule has 1 aromatic rings. The van der Waals surface area contributed by atoms with E-state index in [0.717, 1.165) is 0 Å². The molecule has 0 saturated carbocycles. The topological polar surface area (TPSA) is 16.4 Å². The number of piperidine rings is 1. The van der Waals surface area contributed by atoms with Gasteiger partial charge in [0, 0.05) is 0 Å². The summed E-state index contributed by atoms with van der Waals surface area (Å²) in [5.41, 5.74) is 0. The number of furan rings is 1. The van der Waals surface area contributed by atoms with Gasteiger partial charge in [-0.05, 0) is 57.1 Å². The van der Waals surface area contributed by atoms with E-state index in [2.05, 4.69) is 37.8 Å². The molecule has 2 nitrogen and oxygen atoms in total. The monoisotopic (exact) mass is 405 g/mol.